The van der Waals surface area contributed by atoms with Crippen LogP contribution in [0.25, 0.3) is 0 Å². The van der Waals surface area contributed by atoms with Crippen LogP contribution in [0, 0.1) is 6.92 Å². The predicted molar refractivity (Wildman–Crippen MR) is 54.1 cm³/mol. The van der Waals surface area contributed by atoms with Gasteiger partial charge in [0.1, 0.15) is 5.75 Å². The molecule has 0 saturated carbocycles. The third kappa shape index (κ3) is 1.87. The van der Waals surface area contributed by atoms with Crippen LogP contribution in [0.3, 0.4) is 0 Å². The lowest BCUT2D eigenvalue weighted by Gasteiger charge is -2.10. The smallest absolute Gasteiger partial charge is 0.336 e. The van der Waals surface area contributed by atoms with Crippen LogP contribution in [-0.4, -0.2) is 18.2 Å². The van der Waals surface area contributed by atoms with Gasteiger partial charge in [-0.25, -0.2) is 4.79 Å². The zero-order valence-corrected chi connectivity index (χ0v) is 8.63. The standard InChI is InChI=1S/C11H14O3/c1-4-9-7(2)5-8(14-3)6-10(9)11(12)13/h5-6H,4H2,1-3H3,(H,12,13). The molecule has 14 heavy (non-hydrogen) atoms. The van der Waals surface area contributed by atoms with Gasteiger partial charge in [-0.2, -0.15) is 0 Å². The van der Waals surface area contributed by atoms with Gasteiger partial charge < -0.3 is 9.84 Å². The van der Waals surface area contributed by atoms with Crippen LogP contribution in [0.1, 0.15) is 28.4 Å². The minimum Gasteiger partial charge on any atom is -0.497 e. The lowest BCUT2D eigenvalue weighted by Crippen LogP contribution is -2.04. The summed E-state index contributed by atoms with van der Waals surface area (Å²) in [5, 5.41) is 8.99. The minimum absolute atomic E-state index is 0.337. The molecule has 0 atom stereocenters. The SMILES string of the molecule is CCc1c(C)cc(OC)cc1C(=O)O. The monoisotopic (exact) mass is 194 g/mol. The number of carboxylic acids is 1. The van der Waals surface area contributed by atoms with Crippen molar-refractivity contribution < 1.29 is 14.6 Å². The Kier molecular flexibility index (Phi) is 3.12. The Morgan fingerprint density at radius 2 is 2.14 bits per heavy atom. The summed E-state index contributed by atoms with van der Waals surface area (Å²) < 4.78 is 5.02. The molecule has 1 aromatic carbocycles. The number of ether oxygens (including phenoxy) is 1. The molecular weight excluding hydrogens is 180 g/mol. The number of methoxy groups -OCH3 is 1. The van der Waals surface area contributed by atoms with E-state index in [0.717, 1.165) is 17.5 Å². The highest BCUT2D eigenvalue weighted by molar-refractivity contribution is 5.90. The zero-order chi connectivity index (χ0) is 10.7. The van der Waals surface area contributed by atoms with Crippen LogP contribution in [0.15, 0.2) is 12.1 Å². The molecule has 0 radical (unpaired) electrons. The molecule has 0 saturated heterocycles. The summed E-state index contributed by atoms with van der Waals surface area (Å²) in [6.45, 7) is 3.84. The number of hydrogen-bond acceptors (Lipinski definition) is 2. The molecule has 0 heterocycles. The first-order chi connectivity index (χ1) is 6.60. The Labute approximate surface area is 83.3 Å². The highest BCUT2D eigenvalue weighted by Crippen LogP contribution is 2.22. The number of aromatic carboxylic acids is 1. The van der Waals surface area contributed by atoms with Crippen molar-refractivity contribution in [2.45, 2.75) is 20.3 Å². The van der Waals surface area contributed by atoms with E-state index < -0.39 is 5.97 Å². The molecule has 0 aliphatic carbocycles. The second-order valence-corrected chi connectivity index (χ2v) is 3.13. The zero-order valence-electron chi connectivity index (χ0n) is 8.63. The van der Waals surface area contributed by atoms with Crippen molar-refractivity contribution in [3.8, 4) is 5.75 Å². The molecule has 0 unspecified atom stereocenters. The summed E-state index contributed by atoms with van der Waals surface area (Å²) in [6.07, 6.45) is 0.720. The first-order valence-corrected chi connectivity index (χ1v) is 4.51. The highest BCUT2D eigenvalue weighted by atomic mass is 16.5. The molecule has 0 fully saturated rings. The first-order valence-electron chi connectivity index (χ1n) is 4.51. The van der Waals surface area contributed by atoms with Gasteiger partial charge in [0.05, 0.1) is 12.7 Å². The third-order valence-corrected chi connectivity index (χ3v) is 2.27. The molecular formula is C11H14O3. The molecule has 0 bridgehead atoms. The summed E-state index contributed by atoms with van der Waals surface area (Å²) in [6, 6.07) is 3.42. The fourth-order valence-corrected chi connectivity index (χ4v) is 1.56. The Morgan fingerprint density at radius 1 is 1.50 bits per heavy atom. The van der Waals surface area contributed by atoms with Gasteiger partial charge >= 0.3 is 5.97 Å². The van der Waals surface area contributed by atoms with E-state index in [9.17, 15) is 4.79 Å². The maximum atomic E-state index is 10.9. The third-order valence-electron chi connectivity index (χ3n) is 2.27. The van der Waals surface area contributed by atoms with Crippen LogP contribution in [-0.2, 0) is 6.42 Å². The second-order valence-electron chi connectivity index (χ2n) is 3.13. The van der Waals surface area contributed by atoms with Gasteiger partial charge in [-0.3, -0.25) is 0 Å². The van der Waals surface area contributed by atoms with Crippen LogP contribution in [0.5, 0.6) is 5.75 Å². The van der Waals surface area contributed by atoms with E-state index in [4.69, 9.17) is 9.84 Å². The van der Waals surface area contributed by atoms with Gasteiger partial charge in [0.25, 0.3) is 0 Å². The predicted octanol–water partition coefficient (Wildman–Crippen LogP) is 2.26. The number of carboxylic acid groups (broad SMARTS) is 1. The van der Waals surface area contributed by atoms with Crippen molar-refractivity contribution in [3.05, 3.63) is 28.8 Å². The summed E-state index contributed by atoms with van der Waals surface area (Å²) >= 11 is 0. The fourth-order valence-electron chi connectivity index (χ4n) is 1.56. The van der Waals surface area contributed by atoms with E-state index in [1.165, 1.54) is 7.11 Å². The molecule has 0 spiro atoms. The number of benzene rings is 1. The Balaban J connectivity index is 3.35. The highest BCUT2D eigenvalue weighted by Gasteiger charge is 2.12. The number of aryl methyl sites for hydroxylation is 1. The van der Waals surface area contributed by atoms with Crippen LogP contribution in [0.4, 0.5) is 0 Å². The molecule has 76 valence electrons. The number of carbonyl (C=O) groups is 1. The van der Waals surface area contributed by atoms with Crippen molar-refractivity contribution >= 4 is 5.97 Å². The lowest BCUT2D eigenvalue weighted by molar-refractivity contribution is 0.0695. The normalized spacial score (nSPS) is 9.93. The van der Waals surface area contributed by atoms with E-state index in [2.05, 4.69) is 0 Å². The minimum atomic E-state index is -0.899. The number of rotatable bonds is 3. The molecule has 3 heteroatoms. The largest absolute Gasteiger partial charge is 0.497 e. The maximum absolute atomic E-state index is 10.9. The van der Waals surface area contributed by atoms with Crippen LogP contribution < -0.4 is 4.74 Å². The molecule has 1 aromatic rings. The molecule has 0 aromatic heterocycles. The van der Waals surface area contributed by atoms with E-state index in [0.29, 0.717) is 11.3 Å². The van der Waals surface area contributed by atoms with Crippen LogP contribution >= 0.6 is 0 Å². The Morgan fingerprint density at radius 3 is 2.57 bits per heavy atom. The van der Waals surface area contributed by atoms with E-state index in [-0.39, 0.29) is 0 Å². The molecule has 1 rings (SSSR count). The summed E-state index contributed by atoms with van der Waals surface area (Å²) in [5.41, 5.74) is 2.17. The van der Waals surface area contributed by atoms with Gasteiger partial charge in [0.15, 0.2) is 0 Å². The second kappa shape index (κ2) is 4.13. The average molecular weight is 194 g/mol. The van der Waals surface area contributed by atoms with Crippen molar-refractivity contribution in [1.82, 2.24) is 0 Å². The summed E-state index contributed by atoms with van der Waals surface area (Å²) in [4.78, 5) is 10.9. The van der Waals surface area contributed by atoms with E-state index >= 15 is 0 Å². The summed E-state index contributed by atoms with van der Waals surface area (Å²) in [7, 11) is 1.53. The van der Waals surface area contributed by atoms with E-state index in [1.54, 1.807) is 6.07 Å². The van der Waals surface area contributed by atoms with E-state index in [1.807, 2.05) is 19.9 Å². The van der Waals surface area contributed by atoms with Gasteiger partial charge in [0, 0.05) is 0 Å². The molecule has 0 aliphatic rings. The Hall–Kier alpha value is -1.51. The average Bonchev–Trinajstić information content (AvgIpc) is 2.16. The molecule has 1 N–H and O–H groups in total. The fraction of sp³-hybridized carbons (Fsp3) is 0.364. The molecule has 0 aliphatic heterocycles. The van der Waals surface area contributed by atoms with Crippen molar-refractivity contribution in [1.29, 1.82) is 0 Å². The van der Waals surface area contributed by atoms with Gasteiger partial charge in [-0.05, 0) is 36.6 Å². The topological polar surface area (TPSA) is 46.5 Å². The molecule has 3 nitrogen and oxygen atoms in total. The first kappa shape index (κ1) is 10.6. The van der Waals surface area contributed by atoms with Gasteiger partial charge in [-0.15, -0.1) is 0 Å². The van der Waals surface area contributed by atoms with Crippen LogP contribution in [0.2, 0.25) is 0 Å². The van der Waals surface area contributed by atoms with Crippen molar-refractivity contribution in [2.75, 3.05) is 7.11 Å². The number of hydrogen-bond donors (Lipinski definition) is 1. The lowest BCUT2D eigenvalue weighted by atomic mass is 9.99. The van der Waals surface area contributed by atoms with Gasteiger partial charge in [0.2, 0.25) is 0 Å². The Bertz CT molecular complexity index is 356. The van der Waals surface area contributed by atoms with Gasteiger partial charge in [-0.1, -0.05) is 6.92 Å². The quantitative estimate of drug-likeness (QED) is 0.802. The van der Waals surface area contributed by atoms with Crippen molar-refractivity contribution in [3.63, 3.8) is 0 Å². The summed E-state index contributed by atoms with van der Waals surface area (Å²) in [5.74, 6) is -0.305. The van der Waals surface area contributed by atoms with Crippen molar-refractivity contribution in [2.24, 2.45) is 0 Å². The molecule has 0 amide bonds. The maximum Gasteiger partial charge on any atom is 0.336 e.